The number of rotatable bonds is 4. The number of benzene rings is 2. The van der Waals surface area contributed by atoms with E-state index >= 15 is 0 Å². The van der Waals surface area contributed by atoms with Gasteiger partial charge < -0.3 is 0 Å². The largest absolute Gasteiger partial charge is 0.298 e. The molecule has 1 heterocycles. The molecule has 2 aromatic rings. The Morgan fingerprint density at radius 2 is 1.81 bits per heavy atom. The maximum absolute atomic E-state index is 12.5. The van der Waals surface area contributed by atoms with Crippen LogP contribution in [0.15, 0.2) is 59.5 Å². The summed E-state index contributed by atoms with van der Waals surface area (Å²) < 4.78 is 0. The number of halogens is 2. The third-order valence-corrected chi connectivity index (χ3v) is 5.24. The molecule has 1 saturated heterocycles. The molecule has 0 aromatic heterocycles. The molecule has 136 valence electrons. The molecule has 27 heavy (non-hydrogen) atoms. The van der Waals surface area contributed by atoms with Gasteiger partial charge in [-0.05, 0) is 48.2 Å². The van der Waals surface area contributed by atoms with E-state index in [9.17, 15) is 19.7 Å². The van der Waals surface area contributed by atoms with Crippen LogP contribution in [0, 0.1) is 10.1 Å². The number of amides is 2. The van der Waals surface area contributed by atoms with E-state index < -0.39 is 16.1 Å². The van der Waals surface area contributed by atoms with Gasteiger partial charge in [-0.3, -0.25) is 19.7 Å². The van der Waals surface area contributed by atoms with E-state index in [1.807, 2.05) is 0 Å². The van der Waals surface area contributed by atoms with E-state index in [4.69, 9.17) is 23.2 Å². The predicted molar refractivity (Wildman–Crippen MR) is 107 cm³/mol. The van der Waals surface area contributed by atoms with Gasteiger partial charge in [-0.25, -0.2) is 4.90 Å². The lowest BCUT2D eigenvalue weighted by molar-refractivity contribution is -0.385. The Bertz CT molecular complexity index is 1020. The topological polar surface area (TPSA) is 80.5 Å². The van der Waals surface area contributed by atoms with Crippen molar-refractivity contribution >= 4 is 63.6 Å². The summed E-state index contributed by atoms with van der Waals surface area (Å²) >= 11 is 12.6. The van der Waals surface area contributed by atoms with Gasteiger partial charge in [-0.1, -0.05) is 41.4 Å². The first-order chi connectivity index (χ1) is 12.9. The van der Waals surface area contributed by atoms with Crippen LogP contribution in [-0.2, 0) is 4.79 Å². The lowest BCUT2D eigenvalue weighted by Gasteiger charge is -2.12. The molecular formula is C18H10Cl2N2O4S. The van der Waals surface area contributed by atoms with E-state index in [2.05, 4.69) is 0 Å². The lowest BCUT2D eigenvalue weighted by Crippen LogP contribution is -2.27. The number of nitro benzene ring substituents is 1. The van der Waals surface area contributed by atoms with Crippen molar-refractivity contribution in [3.05, 3.63) is 85.2 Å². The van der Waals surface area contributed by atoms with Gasteiger partial charge in [0.1, 0.15) is 0 Å². The molecule has 0 saturated carbocycles. The quantitative estimate of drug-likeness (QED) is 0.360. The third kappa shape index (κ3) is 4.05. The summed E-state index contributed by atoms with van der Waals surface area (Å²) in [5.41, 5.74) is 0.659. The first kappa shape index (κ1) is 19.2. The molecule has 0 spiro atoms. The van der Waals surface area contributed by atoms with Crippen LogP contribution in [-0.4, -0.2) is 16.1 Å². The lowest BCUT2D eigenvalue weighted by atomic mass is 10.1. The van der Waals surface area contributed by atoms with Crippen LogP contribution in [0.2, 0.25) is 10.0 Å². The fourth-order valence-electron chi connectivity index (χ4n) is 2.36. The van der Waals surface area contributed by atoms with E-state index in [1.165, 1.54) is 42.5 Å². The van der Waals surface area contributed by atoms with Gasteiger partial charge in [-0.2, -0.15) is 0 Å². The molecule has 0 bridgehead atoms. The van der Waals surface area contributed by atoms with Crippen LogP contribution >= 0.6 is 35.0 Å². The Kier molecular flexibility index (Phi) is 5.65. The van der Waals surface area contributed by atoms with E-state index in [0.717, 1.165) is 16.7 Å². The van der Waals surface area contributed by atoms with Crippen LogP contribution in [0.5, 0.6) is 0 Å². The second-order valence-electron chi connectivity index (χ2n) is 5.31. The second kappa shape index (κ2) is 7.96. The van der Waals surface area contributed by atoms with Crippen LogP contribution < -0.4 is 4.90 Å². The van der Waals surface area contributed by atoms with Crippen molar-refractivity contribution in [2.45, 2.75) is 0 Å². The monoisotopic (exact) mass is 420 g/mol. The predicted octanol–water partition coefficient (Wildman–Crippen LogP) is 5.70. The van der Waals surface area contributed by atoms with Gasteiger partial charge in [0.2, 0.25) is 0 Å². The second-order valence-corrected chi connectivity index (χ2v) is 7.12. The number of imide groups is 1. The molecule has 0 N–H and O–H groups in total. The Balaban J connectivity index is 1.84. The summed E-state index contributed by atoms with van der Waals surface area (Å²) in [4.78, 5) is 36.5. The number of para-hydroxylation sites is 1. The van der Waals surface area contributed by atoms with Crippen molar-refractivity contribution in [2.24, 2.45) is 0 Å². The highest BCUT2D eigenvalue weighted by atomic mass is 35.5. The number of carbonyl (C=O) groups excluding carboxylic acids is 2. The first-order valence-corrected chi connectivity index (χ1v) is 9.09. The van der Waals surface area contributed by atoms with Crippen molar-refractivity contribution < 1.29 is 14.5 Å². The molecule has 1 aliphatic rings. The standard InChI is InChI=1S/C18H10Cl2N2O4S/c19-13-9-8-12(10-14(13)20)21-17(23)16(27-18(21)24)7-3-5-11-4-1-2-6-15(11)22(25)26/h1-10H/b5-3+,16-7-. The normalized spacial score (nSPS) is 15.9. The van der Waals surface area contributed by atoms with Crippen molar-refractivity contribution in [3.8, 4) is 0 Å². The minimum absolute atomic E-state index is 0.0499. The highest BCUT2D eigenvalue weighted by Crippen LogP contribution is 2.36. The maximum Gasteiger partial charge on any atom is 0.298 e. The van der Waals surface area contributed by atoms with Crippen LogP contribution in [0.3, 0.4) is 0 Å². The molecule has 0 aliphatic carbocycles. The summed E-state index contributed by atoms with van der Waals surface area (Å²) in [6.45, 7) is 0. The zero-order valence-corrected chi connectivity index (χ0v) is 15.8. The molecular weight excluding hydrogens is 411 g/mol. The molecule has 3 rings (SSSR count). The summed E-state index contributed by atoms with van der Waals surface area (Å²) in [7, 11) is 0. The average Bonchev–Trinajstić information content (AvgIpc) is 2.91. The van der Waals surface area contributed by atoms with Crippen molar-refractivity contribution in [1.29, 1.82) is 0 Å². The highest BCUT2D eigenvalue weighted by molar-refractivity contribution is 8.18. The van der Waals surface area contributed by atoms with Gasteiger partial charge in [0.05, 0.1) is 31.1 Å². The number of nitro groups is 1. The smallest absolute Gasteiger partial charge is 0.268 e. The molecule has 1 aliphatic heterocycles. The summed E-state index contributed by atoms with van der Waals surface area (Å²) in [6.07, 6.45) is 4.44. The molecule has 2 amide bonds. The fraction of sp³-hybridized carbons (Fsp3) is 0. The molecule has 1 fully saturated rings. The molecule has 0 unspecified atom stereocenters. The van der Waals surface area contributed by atoms with E-state index in [0.29, 0.717) is 16.3 Å². The van der Waals surface area contributed by atoms with Gasteiger partial charge in [-0.15, -0.1) is 0 Å². The summed E-state index contributed by atoms with van der Waals surface area (Å²) in [6, 6.07) is 10.7. The number of hydrogen-bond donors (Lipinski definition) is 0. The molecule has 0 radical (unpaired) electrons. The van der Waals surface area contributed by atoms with Crippen LogP contribution in [0.4, 0.5) is 16.2 Å². The highest BCUT2D eigenvalue weighted by Gasteiger charge is 2.36. The van der Waals surface area contributed by atoms with Gasteiger partial charge >= 0.3 is 0 Å². The van der Waals surface area contributed by atoms with E-state index in [1.54, 1.807) is 18.2 Å². The Hall–Kier alpha value is -2.61. The van der Waals surface area contributed by atoms with Gasteiger partial charge in [0, 0.05) is 6.07 Å². The number of thioether (sulfide) groups is 1. The van der Waals surface area contributed by atoms with Crippen LogP contribution in [0.25, 0.3) is 6.08 Å². The zero-order valence-electron chi connectivity index (χ0n) is 13.5. The number of carbonyl (C=O) groups is 2. The number of hydrogen-bond acceptors (Lipinski definition) is 5. The molecule has 9 heteroatoms. The third-order valence-electron chi connectivity index (χ3n) is 3.61. The average molecular weight is 421 g/mol. The molecule has 0 atom stereocenters. The maximum atomic E-state index is 12.5. The minimum atomic E-state index is -0.504. The number of nitrogens with zero attached hydrogens (tertiary/aromatic N) is 2. The van der Waals surface area contributed by atoms with Crippen molar-refractivity contribution in [1.82, 2.24) is 0 Å². The van der Waals surface area contributed by atoms with Gasteiger partial charge in [0.25, 0.3) is 16.8 Å². The van der Waals surface area contributed by atoms with E-state index in [-0.39, 0.29) is 15.6 Å². The Morgan fingerprint density at radius 3 is 2.52 bits per heavy atom. The summed E-state index contributed by atoms with van der Waals surface area (Å²) in [5.74, 6) is -0.504. The molecule has 2 aromatic carbocycles. The van der Waals surface area contributed by atoms with Crippen molar-refractivity contribution in [3.63, 3.8) is 0 Å². The molecule has 6 nitrogen and oxygen atoms in total. The first-order valence-electron chi connectivity index (χ1n) is 7.51. The fourth-order valence-corrected chi connectivity index (χ4v) is 3.45. The SMILES string of the molecule is O=C1S/C(=C\C=C\c2ccccc2[N+](=O)[O-])C(=O)N1c1ccc(Cl)c(Cl)c1. The zero-order chi connectivity index (χ0) is 19.6. The Labute approximate surface area is 168 Å². The van der Waals surface area contributed by atoms with Gasteiger partial charge in [0.15, 0.2) is 0 Å². The number of anilines is 1. The summed E-state index contributed by atoms with van der Waals surface area (Å²) in [5, 5.41) is 11.1. The van der Waals surface area contributed by atoms with Crippen LogP contribution in [0.1, 0.15) is 5.56 Å². The van der Waals surface area contributed by atoms with Crippen molar-refractivity contribution in [2.75, 3.05) is 4.90 Å². The Morgan fingerprint density at radius 1 is 1.07 bits per heavy atom. The number of allylic oxidation sites excluding steroid dienone is 2. The minimum Gasteiger partial charge on any atom is -0.268 e.